The van der Waals surface area contributed by atoms with Crippen molar-refractivity contribution in [2.24, 2.45) is 0 Å². The fraction of sp³-hybridized carbons (Fsp3) is 0.500. The van der Waals surface area contributed by atoms with Crippen LogP contribution in [0.1, 0.15) is 41.6 Å². The number of hydrogen-bond donors (Lipinski definition) is 3. The van der Waals surface area contributed by atoms with Gasteiger partial charge < -0.3 is 16.0 Å². The summed E-state index contributed by atoms with van der Waals surface area (Å²) in [6.07, 6.45) is 4.61. The summed E-state index contributed by atoms with van der Waals surface area (Å²) in [4.78, 5) is 23.8. The lowest BCUT2D eigenvalue weighted by molar-refractivity contribution is -0.121. The molecule has 1 aliphatic heterocycles. The van der Waals surface area contributed by atoms with Gasteiger partial charge in [0, 0.05) is 25.6 Å². The standard InChI is InChI=1S/C16H21N3O2/c20-14(19-12-6-7-12)8-10-18-16(21)13-5-1-3-11-4-2-9-17-15(11)13/h1,3,5,12,17H,2,4,6-10H2,(H,18,21)(H,19,20). The van der Waals surface area contributed by atoms with E-state index in [1.807, 2.05) is 12.1 Å². The number of nitrogens with one attached hydrogen (secondary N) is 3. The van der Waals surface area contributed by atoms with Gasteiger partial charge in [0.05, 0.1) is 11.3 Å². The van der Waals surface area contributed by atoms with Crippen LogP contribution >= 0.6 is 0 Å². The lowest BCUT2D eigenvalue weighted by atomic mass is 9.99. The van der Waals surface area contributed by atoms with Crippen LogP contribution in [0.25, 0.3) is 0 Å². The molecule has 5 heteroatoms. The second kappa shape index (κ2) is 6.16. The number of rotatable bonds is 5. The van der Waals surface area contributed by atoms with Crippen LogP contribution in [0.4, 0.5) is 5.69 Å². The Hall–Kier alpha value is -2.04. The molecule has 2 aliphatic rings. The van der Waals surface area contributed by atoms with Crippen LogP contribution in [0.5, 0.6) is 0 Å². The summed E-state index contributed by atoms with van der Waals surface area (Å²) in [5.41, 5.74) is 2.82. The van der Waals surface area contributed by atoms with Crippen LogP contribution in [-0.4, -0.2) is 30.9 Å². The highest BCUT2D eigenvalue weighted by atomic mass is 16.2. The maximum absolute atomic E-state index is 12.2. The number of hydrogen-bond acceptors (Lipinski definition) is 3. The molecule has 0 atom stereocenters. The highest BCUT2D eigenvalue weighted by molar-refractivity contribution is 6.00. The van der Waals surface area contributed by atoms with E-state index in [1.165, 1.54) is 5.56 Å². The lowest BCUT2D eigenvalue weighted by Gasteiger charge is -2.20. The summed E-state index contributed by atoms with van der Waals surface area (Å²) >= 11 is 0. The molecule has 3 N–H and O–H groups in total. The predicted octanol–water partition coefficient (Wildman–Crippen LogP) is 1.44. The van der Waals surface area contributed by atoms with Gasteiger partial charge >= 0.3 is 0 Å². The van der Waals surface area contributed by atoms with E-state index in [-0.39, 0.29) is 11.8 Å². The van der Waals surface area contributed by atoms with Crippen molar-refractivity contribution < 1.29 is 9.59 Å². The van der Waals surface area contributed by atoms with Gasteiger partial charge in [-0.25, -0.2) is 0 Å². The van der Waals surface area contributed by atoms with Gasteiger partial charge in [0.1, 0.15) is 0 Å². The SMILES string of the molecule is O=C(CCNC(=O)c1cccc2c1NCCC2)NC1CC1. The number of anilines is 1. The first-order valence-electron chi connectivity index (χ1n) is 7.67. The lowest BCUT2D eigenvalue weighted by Crippen LogP contribution is -2.32. The molecule has 0 saturated heterocycles. The third-order valence-electron chi connectivity index (χ3n) is 3.90. The Kier molecular flexibility index (Phi) is 4.08. The van der Waals surface area contributed by atoms with Crippen molar-refractivity contribution in [3.8, 4) is 0 Å². The summed E-state index contributed by atoms with van der Waals surface area (Å²) in [5.74, 6) is -0.0912. The Morgan fingerprint density at radius 1 is 1.29 bits per heavy atom. The maximum Gasteiger partial charge on any atom is 0.253 e. The first kappa shape index (κ1) is 13.9. The monoisotopic (exact) mass is 287 g/mol. The van der Waals surface area contributed by atoms with Crippen molar-refractivity contribution in [2.45, 2.75) is 38.1 Å². The van der Waals surface area contributed by atoms with Crippen LogP contribution < -0.4 is 16.0 Å². The third kappa shape index (κ3) is 3.54. The van der Waals surface area contributed by atoms with Crippen LogP contribution in [-0.2, 0) is 11.2 Å². The molecule has 3 rings (SSSR count). The zero-order valence-corrected chi connectivity index (χ0v) is 12.1. The second-order valence-electron chi connectivity index (χ2n) is 5.72. The van der Waals surface area contributed by atoms with Gasteiger partial charge in [-0.2, -0.15) is 0 Å². The highest BCUT2D eigenvalue weighted by Crippen LogP contribution is 2.25. The number of benzene rings is 1. The minimum atomic E-state index is -0.111. The Morgan fingerprint density at radius 2 is 2.14 bits per heavy atom. The van der Waals surface area contributed by atoms with E-state index >= 15 is 0 Å². The fourth-order valence-corrected chi connectivity index (χ4v) is 2.61. The highest BCUT2D eigenvalue weighted by Gasteiger charge is 2.23. The molecule has 1 heterocycles. The smallest absolute Gasteiger partial charge is 0.253 e. The molecule has 112 valence electrons. The van der Waals surface area contributed by atoms with Gasteiger partial charge in [0.15, 0.2) is 0 Å². The molecule has 0 unspecified atom stereocenters. The molecule has 1 aromatic carbocycles. The molecule has 0 bridgehead atoms. The molecule has 21 heavy (non-hydrogen) atoms. The number of amides is 2. The van der Waals surface area contributed by atoms with Gasteiger partial charge in [0.2, 0.25) is 5.91 Å². The summed E-state index contributed by atoms with van der Waals surface area (Å²) < 4.78 is 0. The van der Waals surface area contributed by atoms with Crippen LogP contribution in [0.3, 0.4) is 0 Å². The van der Waals surface area contributed by atoms with E-state index in [4.69, 9.17) is 0 Å². The molecular weight excluding hydrogens is 266 g/mol. The molecule has 1 saturated carbocycles. The molecular formula is C16H21N3O2. The Labute approximate surface area is 124 Å². The van der Waals surface area contributed by atoms with E-state index < -0.39 is 0 Å². The van der Waals surface area contributed by atoms with Gasteiger partial charge in [-0.1, -0.05) is 12.1 Å². The van der Waals surface area contributed by atoms with Crippen molar-refractivity contribution in [1.82, 2.24) is 10.6 Å². The predicted molar refractivity (Wildman–Crippen MR) is 81.4 cm³/mol. The normalized spacial score (nSPS) is 16.6. The average Bonchev–Trinajstić information content (AvgIpc) is 3.30. The summed E-state index contributed by atoms with van der Waals surface area (Å²) in [6, 6.07) is 6.18. The van der Waals surface area contributed by atoms with E-state index in [2.05, 4.69) is 22.0 Å². The van der Waals surface area contributed by atoms with Crippen molar-refractivity contribution in [3.63, 3.8) is 0 Å². The number of carbonyl (C=O) groups excluding carboxylic acids is 2. The molecule has 1 aliphatic carbocycles. The molecule has 5 nitrogen and oxygen atoms in total. The Balaban J connectivity index is 1.54. The largest absolute Gasteiger partial charge is 0.384 e. The van der Waals surface area contributed by atoms with E-state index in [0.717, 1.165) is 37.9 Å². The molecule has 0 aromatic heterocycles. The fourth-order valence-electron chi connectivity index (χ4n) is 2.61. The van der Waals surface area contributed by atoms with Crippen molar-refractivity contribution in [1.29, 1.82) is 0 Å². The van der Waals surface area contributed by atoms with Crippen LogP contribution in [0.2, 0.25) is 0 Å². The minimum Gasteiger partial charge on any atom is -0.384 e. The van der Waals surface area contributed by atoms with E-state index in [1.54, 1.807) is 0 Å². The summed E-state index contributed by atoms with van der Waals surface area (Å²) in [7, 11) is 0. The van der Waals surface area contributed by atoms with Crippen LogP contribution in [0, 0.1) is 0 Å². The number of para-hydroxylation sites is 1. The number of aryl methyl sites for hydroxylation is 1. The maximum atomic E-state index is 12.2. The average molecular weight is 287 g/mol. The van der Waals surface area contributed by atoms with Gasteiger partial charge in [-0.3, -0.25) is 9.59 Å². The first-order chi connectivity index (χ1) is 10.2. The van der Waals surface area contributed by atoms with E-state index in [0.29, 0.717) is 24.6 Å². The molecule has 0 radical (unpaired) electrons. The van der Waals surface area contributed by atoms with Crippen molar-refractivity contribution >= 4 is 17.5 Å². The number of carbonyl (C=O) groups is 2. The van der Waals surface area contributed by atoms with Gasteiger partial charge in [-0.15, -0.1) is 0 Å². The van der Waals surface area contributed by atoms with Crippen molar-refractivity contribution in [3.05, 3.63) is 29.3 Å². The quantitative estimate of drug-likeness (QED) is 0.767. The zero-order chi connectivity index (χ0) is 14.7. The number of fused-ring (bicyclic) bond motifs is 1. The Morgan fingerprint density at radius 3 is 2.95 bits per heavy atom. The van der Waals surface area contributed by atoms with E-state index in [9.17, 15) is 9.59 Å². The van der Waals surface area contributed by atoms with Gasteiger partial charge in [-0.05, 0) is 37.3 Å². The second-order valence-corrected chi connectivity index (χ2v) is 5.72. The molecule has 1 fully saturated rings. The molecule has 2 amide bonds. The minimum absolute atomic E-state index is 0.0195. The Bertz CT molecular complexity index is 552. The van der Waals surface area contributed by atoms with Crippen LogP contribution in [0.15, 0.2) is 18.2 Å². The third-order valence-corrected chi connectivity index (χ3v) is 3.90. The first-order valence-corrected chi connectivity index (χ1v) is 7.67. The molecule has 1 aromatic rings. The van der Waals surface area contributed by atoms with Gasteiger partial charge in [0.25, 0.3) is 5.91 Å². The summed E-state index contributed by atoms with van der Waals surface area (Å²) in [5, 5.41) is 9.05. The summed E-state index contributed by atoms with van der Waals surface area (Å²) in [6.45, 7) is 1.28. The molecule has 0 spiro atoms. The topological polar surface area (TPSA) is 70.2 Å². The zero-order valence-electron chi connectivity index (χ0n) is 12.1. The van der Waals surface area contributed by atoms with Crippen molar-refractivity contribution in [2.75, 3.05) is 18.4 Å².